The Labute approximate surface area is 143 Å². The van der Waals surface area contributed by atoms with Crippen molar-refractivity contribution in [3.05, 3.63) is 39.8 Å². The lowest BCUT2D eigenvalue weighted by atomic mass is 9.98. The first kappa shape index (κ1) is 16.1. The van der Waals surface area contributed by atoms with E-state index >= 15 is 0 Å². The summed E-state index contributed by atoms with van der Waals surface area (Å²) in [6.45, 7) is 3.94. The van der Waals surface area contributed by atoms with E-state index < -0.39 is 5.92 Å². The maximum Gasteiger partial charge on any atom is 0.262 e. The van der Waals surface area contributed by atoms with E-state index in [1.165, 1.54) is 11.3 Å². The molecule has 1 amide bonds. The molecule has 1 atom stereocenters. The number of thiazole rings is 1. The molecule has 1 aliphatic heterocycles. The molecule has 6 nitrogen and oxygen atoms in total. The smallest absolute Gasteiger partial charge is 0.262 e. The Hall–Kier alpha value is -2.72. The minimum absolute atomic E-state index is 0.0868. The molecule has 0 radical (unpaired) electrons. The van der Waals surface area contributed by atoms with Crippen molar-refractivity contribution in [2.45, 2.75) is 25.7 Å². The molecular formula is C17H15N3O3S. The first-order chi connectivity index (χ1) is 11.5. The summed E-state index contributed by atoms with van der Waals surface area (Å²) >= 11 is 1.32. The fourth-order valence-electron chi connectivity index (χ4n) is 2.32. The molecule has 2 heterocycles. The second-order valence-corrected chi connectivity index (χ2v) is 6.63. The number of Topliss-reactive ketones (excluding diaryl/α,β-unsaturated/α-hetero) is 1. The molecule has 7 heteroatoms. The van der Waals surface area contributed by atoms with Crippen LogP contribution in [-0.2, 0) is 4.79 Å². The molecule has 2 aromatic rings. The standard InChI is InChI=1S/C17H15N3O3S/c1-9(2)13-8-24-17(20-13)11(6-18)16(22)10-3-4-12-14(5-10)23-7-15(21)19-12/h3-5,8-9,11H,7H2,1-2H3,(H,19,21)/t11-/m0/s1. The molecule has 1 aromatic heterocycles. The van der Waals surface area contributed by atoms with Crippen LogP contribution in [0.15, 0.2) is 23.6 Å². The molecular weight excluding hydrogens is 326 g/mol. The molecule has 122 valence electrons. The highest BCUT2D eigenvalue weighted by atomic mass is 32.1. The van der Waals surface area contributed by atoms with Gasteiger partial charge in [-0.05, 0) is 24.1 Å². The topological polar surface area (TPSA) is 92.1 Å². The molecule has 0 bridgehead atoms. The van der Waals surface area contributed by atoms with Crippen LogP contribution < -0.4 is 10.1 Å². The van der Waals surface area contributed by atoms with Crippen LogP contribution in [-0.4, -0.2) is 23.3 Å². The number of aromatic nitrogens is 1. The van der Waals surface area contributed by atoms with E-state index in [-0.39, 0.29) is 24.2 Å². The van der Waals surface area contributed by atoms with Crippen LogP contribution in [0.1, 0.15) is 46.7 Å². The lowest BCUT2D eigenvalue weighted by Crippen LogP contribution is -2.25. The summed E-state index contributed by atoms with van der Waals surface area (Å²) in [4.78, 5) is 28.4. The van der Waals surface area contributed by atoms with Crippen LogP contribution in [0.4, 0.5) is 5.69 Å². The van der Waals surface area contributed by atoms with Gasteiger partial charge in [-0.25, -0.2) is 4.98 Å². The van der Waals surface area contributed by atoms with E-state index in [0.29, 0.717) is 22.0 Å². The number of carbonyl (C=O) groups excluding carboxylic acids is 2. The van der Waals surface area contributed by atoms with Crippen LogP contribution in [0.2, 0.25) is 0 Å². The summed E-state index contributed by atoms with van der Waals surface area (Å²) in [7, 11) is 0. The number of nitrogens with zero attached hydrogens (tertiary/aromatic N) is 2. The van der Waals surface area contributed by atoms with Gasteiger partial charge in [0.1, 0.15) is 10.8 Å². The van der Waals surface area contributed by atoms with Crippen molar-refractivity contribution in [3.63, 3.8) is 0 Å². The fourth-order valence-corrected chi connectivity index (χ4v) is 3.34. The maximum absolute atomic E-state index is 12.7. The van der Waals surface area contributed by atoms with Crippen molar-refractivity contribution in [1.82, 2.24) is 4.98 Å². The number of ether oxygens (including phenoxy) is 1. The van der Waals surface area contributed by atoms with E-state index in [9.17, 15) is 14.9 Å². The molecule has 0 fully saturated rings. The number of ketones is 1. The molecule has 0 unspecified atom stereocenters. The zero-order chi connectivity index (χ0) is 17.3. The van der Waals surface area contributed by atoms with Crippen LogP contribution in [0, 0.1) is 11.3 Å². The SMILES string of the molecule is CC(C)c1csc([C@@H](C#N)C(=O)c2ccc3c(c2)OCC(=O)N3)n1. The summed E-state index contributed by atoms with van der Waals surface area (Å²) in [6, 6.07) is 6.79. The number of benzene rings is 1. The summed E-state index contributed by atoms with van der Waals surface area (Å²) in [5, 5.41) is 14.5. The Kier molecular flexibility index (Phi) is 4.32. The largest absolute Gasteiger partial charge is 0.482 e. The lowest BCUT2D eigenvalue weighted by Gasteiger charge is -2.18. The molecule has 0 spiro atoms. The van der Waals surface area contributed by atoms with E-state index in [0.717, 1.165) is 5.69 Å². The monoisotopic (exact) mass is 341 g/mol. The first-order valence-electron chi connectivity index (χ1n) is 7.45. The number of amides is 1. The Morgan fingerprint density at radius 2 is 2.25 bits per heavy atom. The number of nitriles is 1. The van der Waals surface area contributed by atoms with Gasteiger partial charge < -0.3 is 10.1 Å². The van der Waals surface area contributed by atoms with Gasteiger partial charge in [0, 0.05) is 10.9 Å². The second-order valence-electron chi connectivity index (χ2n) is 5.74. The maximum atomic E-state index is 12.7. The third-order valence-electron chi connectivity index (χ3n) is 3.67. The van der Waals surface area contributed by atoms with Gasteiger partial charge in [0.25, 0.3) is 5.91 Å². The van der Waals surface area contributed by atoms with Crippen LogP contribution in [0.5, 0.6) is 5.75 Å². The van der Waals surface area contributed by atoms with Crippen molar-refractivity contribution in [3.8, 4) is 11.8 Å². The Morgan fingerprint density at radius 3 is 2.92 bits per heavy atom. The third kappa shape index (κ3) is 3.01. The van der Waals surface area contributed by atoms with Crippen molar-refractivity contribution < 1.29 is 14.3 Å². The molecule has 0 saturated carbocycles. The Balaban J connectivity index is 1.89. The molecule has 24 heavy (non-hydrogen) atoms. The predicted octanol–water partition coefficient (Wildman–Crippen LogP) is 3.09. The summed E-state index contributed by atoms with van der Waals surface area (Å²) in [6.07, 6.45) is 0. The fraction of sp³-hybridized carbons (Fsp3) is 0.294. The van der Waals surface area contributed by atoms with Gasteiger partial charge in [-0.2, -0.15) is 5.26 Å². The van der Waals surface area contributed by atoms with Gasteiger partial charge in [-0.15, -0.1) is 11.3 Å². The highest BCUT2D eigenvalue weighted by molar-refractivity contribution is 7.10. The Bertz CT molecular complexity index is 851. The molecule has 1 aromatic carbocycles. The molecule has 0 saturated heterocycles. The number of nitrogens with one attached hydrogen (secondary N) is 1. The lowest BCUT2D eigenvalue weighted by molar-refractivity contribution is -0.118. The van der Waals surface area contributed by atoms with Gasteiger partial charge in [-0.3, -0.25) is 9.59 Å². The summed E-state index contributed by atoms with van der Waals surface area (Å²) in [5.74, 6) is -0.839. The van der Waals surface area contributed by atoms with Crippen LogP contribution >= 0.6 is 11.3 Å². The highest BCUT2D eigenvalue weighted by Crippen LogP contribution is 2.32. The molecule has 1 aliphatic rings. The first-order valence-corrected chi connectivity index (χ1v) is 8.33. The van der Waals surface area contributed by atoms with Gasteiger partial charge in [-0.1, -0.05) is 13.8 Å². The number of fused-ring (bicyclic) bond motifs is 1. The van der Waals surface area contributed by atoms with Gasteiger partial charge in [0.15, 0.2) is 18.3 Å². The van der Waals surface area contributed by atoms with Crippen molar-refractivity contribution >= 4 is 28.7 Å². The second kappa shape index (κ2) is 6.42. The third-order valence-corrected chi connectivity index (χ3v) is 4.60. The quantitative estimate of drug-likeness (QED) is 0.863. The van der Waals surface area contributed by atoms with Crippen molar-refractivity contribution in [2.24, 2.45) is 0 Å². The number of rotatable bonds is 4. The zero-order valence-electron chi connectivity index (χ0n) is 13.2. The predicted molar refractivity (Wildman–Crippen MR) is 89.5 cm³/mol. The number of anilines is 1. The normalized spacial score (nSPS) is 14.3. The van der Waals surface area contributed by atoms with Gasteiger partial charge >= 0.3 is 0 Å². The Morgan fingerprint density at radius 1 is 1.46 bits per heavy atom. The average molecular weight is 341 g/mol. The molecule has 3 rings (SSSR count). The molecule has 1 N–H and O–H groups in total. The average Bonchev–Trinajstić information content (AvgIpc) is 3.05. The van der Waals surface area contributed by atoms with Crippen molar-refractivity contribution in [2.75, 3.05) is 11.9 Å². The zero-order valence-corrected chi connectivity index (χ0v) is 14.0. The summed E-state index contributed by atoms with van der Waals surface area (Å²) in [5.41, 5.74) is 1.75. The van der Waals surface area contributed by atoms with E-state index in [4.69, 9.17) is 4.74 Å². The minimum atomic E-state index is -0.946. The van der Waals surface area contributed by atoms with E-state index in [1.807, 2.05) is 25.3 Å². The van der Waals surface area contributed by atoms with Crippen molar-refractivity contribution in [1.29, 1.82) is 5.26 Å². The van der Waals surface area contributed by atoms with Crippen LogP contribution in [0.3, 0.4) is 0 Å². The van der Waals surface area contributed by atoms with Gasteiger partial charge in [0.05, 0.1) is 17.5 Å². The number of carbonyl (C=O) groups is 2. The minimum Gasteiger partial charge on any atom is -0.482 e. The highest BCUT2D eigenvalue weighted by Gasteiger charge is 2.27. The number of hydrogen-bond acceptors (Lipinski definition) is 6. The summed E-state index contributed by atoms with van der Waals surface area (Å²) < 4.78 is 5.32. The van der Waals surface area contributed by atoms with Gasteiger partial charge in [0.2, 0.25) is 0 Å². The number of hydrogen-bond donors (Lipinski definition) is 1. The van der Waals surface area contributed by atoms with E-state index in [2.05, 4.69) is 10.3 Å². The molecule has 0 aliphatic carbocycles. The van der Waals surface area contributed by atoms with Crippen LogP contribution in [0.25, 0.3) is 0 Å². The van der Waals surface area contributed by atoms with E-state index in [1.54, 1.807) is 18.2 Å².